The molecule has 4 rings (SSSR count). The van der Waals surface area contributed by atoms with Crippen LogP contribution in [0.1, 0.15) is 31.1 Å². The van der Waals surface area contributed by atoms with Gasteiger partial charge in [-0.05, 0) is 54.6 Å². The van der Waals surface area contributed by atoms with Gasteiger partial charge in [0.05, 0.1) is 39.7 Å². The van der Waals surface area contributed by atoms with Crippen LogP contribution in [-0.4, -0.2) is 24.8 Å². The number of benzene rings is 3. The van der Waals surface area contributed by atoms with Gasteiger partial charge in [-0.25, -0.2) is 4.90 Å². The number of halogens is 3. The zero-order valence-corrected chi connectivity index (χ0v) is 18.2. The summed E-state index contributed by atoms with van der Waals surface area (Å²) in [7, 11) is 1.48. The minimum absolute atomic E-state index is 0.175. The first-order valence-corrected chi connectivity index (χ1v) is 10.1. The molecule has 0 aromatic heterocycles. The largest absolute Gasteiger partial charge is 0.495 e. The number of carbonyl (C=O) groups is 3. The number of fused-ring (bicyclic) bond motifs is 1. The highest BCUT2D eigenvalue weighted by Crippen LogP contribution is 2.34. The summed E-state index contributed by atoms with van der Waals surface area (Å²) >= 11 is 17.9. The van der Waals surface area contributed by atoms with Crippen molar-refractivity contribution in [2.24, 2.45) is 0 Å². The molecule has 0 bridgehead atoms. The highest BCUT2D eigenvalue weighted by atomic mass is 35.5. The molecular formula is C22H13Cl3N2O4. The molecule has 3 aromatic rings. The Morgan fingerprint density at radius 2 is 1.45 bits per heavy atom. The van der Waals surface area contributed by atoms with Gasteiger partial charge in [0, 0.05) is 10.6 Å². The van der Waals surface area contributed by atoms with Crippen molar-refractivity contribution in [3.63, 3.8) is 0 Å². The van der Waals surface area contributed by atoms with E-state index in [4.69, 9.17) is 39.5 Å². The number of nitrogens with one attached hydrogen (secondary N) is 1. The maximum absolute atomic E-state index is 12.7. The number of nitrogens with zero attached hydrogens (tertiary/aromatic N) is 1. The second kappa shape index (κ2) is 8.23. The number of hydrogen-bond donors (Lipinski definition) is 1. The predicted molar refractivity (Wildman–Crippen MR) is 120 cm³/mol. The third kappa shape index (κ3) is 3.85. The molecule has 0 fully saturated rings. The van der Waals surface area contributed by atoms with E-state index in [-0.39, 0.29) is 21.2 Å². The van der Waals surface area contributed by atoms with E-state index in [9.17, 15) is 14.4 Å². The molecule has 3 amide bonds. The summed E-state index contributed by atoms with van der Waals surface area (Å²) < 4.78 is 5.22. The molecule has 0 spiro atoms. The van der Waals surface area contributed by atoms with E-state index in [1.165, 1.54) is 43.5 Å². The average molecular weight is 476 g/mol. The fraction of sp³-hybridized carbons (Fsp3) is 0.0455. The molecule has 0 radical (unpaired) electrons. The summed E-state index contributed by atoms with van der Waals surface area (Å²) in [6, 6.07) is 13.6. The Hall–Kier alpha value is -3.06. The zero-order valence-electron chi connectivity index (χ0n) is 15.9. The van der Waals surface area contributed by atoms with Gasteiger partial charge in [0.25, 0.3) is 17.7 Å². The Balaban J connectivity index is 1.58. The second-order valence-electron chi connectivity index (χ2n) is 6.60. The third-order valence-electron chi connectivity index (χ3n) is 4.72. The Morgan fingerprint density at radius 3 is 2.00 bits per heavy atom. The molecule has 0 atom stereocenters. The first kappa shape index (κ1) is 21.2. The lowest BCUT2D eigenvalue weighted by Gasteiger charge is -2.15. The minimum atomic E-state index is -0.514. The van der Waals surface area contributed by atoms with E-state index >= 15 is 0 Å². The monoisotopic (exact) mass is 474 g/mol. The summed E-state index contributed by atoms with van der Waals surface area (Å²) in [4.78, 5) is 39.1. The van der Waals surface area contributed by atoms with Crippen LogP contribution in [0.2, 0.25) is 15.1 Å². The first-order chi connectivity index (χ1) is 14.8. The van der Waals surface area contributed by atoms with Crippen molar-refractivity contribution in [2.45, 2.75) is 0 Å². The number of amides is 3. The van der Waals surface area contributed by atoms with E-state index in [2.05, 4.69) is 5.32 Å². The molecule has 31 heavy (non-hydrogen) atoms. The molecule has 9 heteroatoms. The fourth-order valence-corrected chi connectivity index (χ4v) is 3.70. The summed E-state index contributed by atoms with van der Waals surface area (Å²) in [5.74, 6) is -0.982. The molecule has 0 aliphatic carbocycles. The van der Waals surface area contributed by atoms with Crippen LogP contribution in [0.4, 0.5) is 11.4 Å². The predicted octanol–water partition coefficient (Wildman–Crippen LogP) is 5.71. The fourth-order valence-electron chi connectivity index (χ4n) is 3.20. The van der Waals surface area contributed by atoms with Crippen LogP contribution in [0.25, 0.3) is 0 Å². The standard InChI is InChI=1S/C22H13Cl3N2O4/c1-31-19-7-4-12(23)8-18(19)26-20(28)11-2-5-13(6-3-11)27-21(29)14-9-16(24)17(25)10-15(14)22(27)30/h2-10H,1H3,(H,26,28). The van der Waals surface area contributed by atoms with Crippen molar-refractivity contribution in [2.75, 3.05) is 17.3 Å². The van der Waals surface area contributed by atoms with E-state index in [1.807, 2.05) is 0 Å². The summed E-state index contributed by atoms with van der Waals surface area (Å²) in [5.41, 5.74) is 1.39. The number of carbonyl (C=O) groups excluding carboxylic acids is 3. The maximum atomic E-state index is 12.7. The van der Waals surface area contributed by atoms with Crippen molar-refractivity contribution < 1.29 is 19.1 Å². The Morgan fingerprint density at radius 1 is 0.871 bits per heavy atom. The SMILES string of the molecule is COc1ccc(Cl)cc1NC(=O)c1ccc(N2C(=O)c3cc(Cl)c(Cl)cc3C2=O)cc1. The Kier molecular flexibility index (Phi) is 5.62. The minimum Gasteiger partial charge on any atom is -0.495 e. The van der Waals surface area contributed by atoms with Crippen LogP contribution in [0.3, 0.4) is 0 Å². The number of hydrogen-bond acceptors (Lipinski definition) is 4. The molecule has 1 aliphatic rings. The molecular weight excluding hydrogens is 463 g/mol. The molecule has 156 valence electrons. The van der Waals surface area contributed by atoms with Crippen molar-refractivity contribution in [1.82, 2.24) is 0 Å². The van der Waals surface area contributed by atoms with Gasteiger partial charge in [-0.15, -0.1) is 0 Å². The summed E-state index contributed by atoms with van der Waals surface area (Å²) in [6.45, 7) is 0. The van der Waals surface area contributed by atoms with Crippen LogP contribution >= 0.6 is 34.8 Å². The van der Waals surface area contributed by atoms with Gasteiger partial charge >= 0.3 is 0 Å². The summed E-state index contributed by atoms with van der Waals surface area (Å²) in [5, 5.41) is 3.54. The van der Waals surface area contributed by atoms with Crippen LogP contribution in [0.15, 0.2) is 54.6 Å². The van der Waals surface area contributed by atoms with Crippen LogP contribution in [0.5, 0.6) is 5.75 Å². The number of imide groups is 1. The van der Waals surface area contributed by atoms with Gasteiger partial charge in [-0.2, -0.15) is 0 Å². The lowest BCUT2D eigenvalue weighted by molar-refractivity contribution is 0.0925. The van der Waals surface area contributed by atoms with E-state index in [0.29, 0.717) is 27.7 Å². The molecule has 0 saturated heterocycles. The van der Waals surface area contributed by atoms with Gasteiger partial charge < -0.3 is 10.1 Å². The number of methoxy groups -OCH3 is 1. The normalized spacial score (nSPS) is 12.7. The molecule has 3 aromatic carbocycles. The van der Waals surface area contributed by atoms with Crippen molar-refractivity contribution >= 4 is 63.9 Å². The second-order valence-corrected chi connectivity index (χ2v) is 7.85. The third-order valence-corrected chi connectivity index (χ3v) is 5.68. The van der Waals surface area contributed by atoms with Crippen molar-refractivity contribution in [1.29, 1.82) is 0 Å². The van der Waals surface area contributed by atoms with E-state index in [1.54, 1.807) is 18.2 Å². The molecule has 1 heterocycles. The van der Waals surface area contributed by atoms with Gasteiger partial charge in [-0.3, -0.25) is 14.4 Å². The topological polar surface area (TPSA) is 75.7 Å². The van der Waals surface area contributed by atoms with Gasteiger partial charge in [0.15, 0.2) is 0 Å². The van der Waals surface area contributed by atoms with Crippen LogP contribution in [-0.2, 0) is 0 Å². The molecule has 6 nitrogen and oxygen atoms in total. The Labute approximate surface area is 192 Å². The lowest BCUT2D eigenvalue weighted by atomic mass is 10.1. The molecule has 0 unspecified atom stereocenters. The maximum Gasteiger partial charge on any atom is 0.266 e. The van der Waals surface area contributed by atoms with E-state index < -0.39 is 17.7 Å². The molecule has 1 aliphatic heterocycles. The van der Waals surface area contributed by atoms with Crippen LogP contribution in [0, 0.1) is 0 Å². The van der Waals surface area contributed by atoms with Crippen molar-refractivity contribution in [3.8, 4) is 5.75 Å². The first-order valence-electron chi connectivity index (χ1n) is 8.93. The lowest BCUT2D eigenvalue weighted by Crippen LogP contribution is -2.29. The quantitative estimate of drug-likeness (QED) is 0.491. The summed E-state index contributed by atoms with van der Waals surface area (Å²) in [6.07, 6.45) is 0. The van der Waals surface area contributed by atoms with E-state index in [0.717, 1.165) is 4.90 Å². The van der Waals surface area contributed by atoms with Crippen molar-refractivity contribution in [3.05, 3.63) is 86.4 Å². The Bertz CT molecular complexity index is 1200. The van der Waals surface area contributed by atoms with Crippen LogP contribution < -0.4 is 15.0 Å². The number of anilines is 2. The zero-order chi connectivity index (χ0) is 22.3. The average Bonchev–Trinajstić information content (AvgIpc) is 2.98. The van der Waals surface area contributed by atoms with Gasteiger partial charge in [-0.1, -0.05) is 34.8 Å². The number of ether oxygens (including phenoxy) is 1. The smallest absolute Gasteiger partial charge is 0.266 e. The van der Waals surface area contributed by atoms with Gasteiger partial charge in [0.1, 0.15) is 5.75 Å². The highest BCUT2D eigenvalue weighted by Gasteiger charge is 2.37. The highest BCUT2D eigenvalue weighted by molar-refractivity contribution is 6.44. The van der Waals surface area contributed by atoms with Gasteiger partial charge in [0.2, 0.25) is 0 Å². The number of rotatable bonds is 4. The molecule has 0 saturated carbocycles. The molecule has 1 N–H and O–H groups in total.